The van der Waals surface area contributed by atoms with Crippen LogP contribution in [-0.2, 0) is 20.9 Å². The van der Waals surface area contributed by atoms with Crippen LogP contribution in [0.25, 0.3) is 0 Å². The lowest BCUT2D eigenvalue weighted by molar-refractivity contribution is -0.144. The number of benzene rings is 1. The number of nitrogens with one attached hydrogen (secondary N) is 1. The third-order valence-electron chi connectivity index (χ3n) is 2.23. The molecule has 0 unspecified atom stereocenters. The van der Waals surface area contributed by atoms with Gasteiger partial charge in [-0.05, 0) is 12.6 Å². The highest BCUT2D eigenvalue weighted by Crippen LogP contribution is 2.01. The summed E-state index contributed by atoms with van der Waals surface area (Å²) in [5, 5.41) is 2.84. The molecule has 0 aliphatic rings. The number of likely N-dealkylation sites (N-methyl/N-ethyl adjacent to an activating group) is 1. The standard InChI is InChI=1S/C12H17NO3.ClH/c1-13-11(12(14)15-2)9-16-8-10-6-4-3-5-7-10;/h3-7,11,13H,8-9H2,1-2H3;1H/t11-;/m0./s1. The van der Waals surface area contributed by atoms with E-state index in [2.05, 4.69) is 10.1 Å². The quantitative estimate of drug-likeness (QED) is 0.785. The maximum Gasteiger partial charge on any atom is 0.325 e. The Balaban J connectivity index is 0.00000256. The lowest BCUT2D eigenvalue weighted by Gasteiger charge is -2.13. The van der Waals surface area contributed by atoms with Gasteiger partial charge in [0.25, 0.3) is 0 Å². The van der Waals surface area contributed by atoms with Crippen molar-refractivity contribution in [3.05, 3.63) is 35.9 Å². The van der Waals surface area contributed by atoms with Gasteiger partial charge in [0.2, 0.25) is 0 Å². The molecular weight excluding hydrogens is 242 g/mol. The molecule has 0 bridgehead atoms. The van der Waals surface area contributed by atoms with Crippen LogP contribution < -0.4 is 5.32 Å². The maximum absolute atomic E-state index is 11.2. The lowest BCUT2D eigenvalue weighted by atomic mass is 10.2. The zero-order valence-corrected chi connectivity index (χ0v) is 10.8. The van der Waals surface area contributed by atoms with Crippen LogP contribution in [0.4, 0.5) is 0 Å². The summed E-state index contributed by atoms with van der Waals surface area (Å²) in [6.45, 7) is 0.800. The second kappa shape index (κ2) is 8.98. The van der Waals surface area contributed by atoms with E-state index in [1.165, 1.54) is 7.11 Å². The summed E-state index contributed by atoms with van der Waals surface area (Å²) in [4.78, 5) is 11.2. The number of halogens is 1. The van der Waals surface area contributed by atoms with Crippen molar-refractivity contribution in [2.75, 3.05) is 20.8 Å². The Labute approximate surface area is 108 Å². The van der Waals surface area contributed by atoms with Crippen molar-refractivity contribution in [1.82, 2.24) is 5.32 Å². The van der Waals surface area contributed by atoms with Crippen molar-refractivity contribution >= 4 is 18.4 Å². The molecule has 0 radical (unpaired) electrons. The number of hydrogen-bond acceptors (Lipinski definition) is 4. The van der Waals surface area contributed by atoms with E-state index in [0.29, 0.717) is 13.2 Å². The fourth-order valence-electron chi connectivity index (χ4n) is 1.28. The van der Waals surface area contributed by atoms with Gasteiger partial charge in [0.15, 0.2) is 0 Å². The first-order valence-electron chi connectivity index (χ1n) is 5.14. The van der Waals surface area contributed by atoms with E-state index < -0.39 is 6.04 Å². The molecule has 96 valence electrons. The Bertz CT molecular complexity index is 319. The van der Waals surface area contributed by atoms with E-state index in [1.807, 2.05) is 30.3 Å². The van der Waals surface area contributed by atoms with Crippen molar-refractivity contribution in [2.45, 2.75) is 12.6 Å². The van der Waals surface area contributed by atoms with E-state index in [4.69, 9.17) is 4.74 Å². The number of rotatable bonds is 6. The van der Waals surface area contributed by atoms with Crippen LogP contribution in [0.2, 0.25) is 0 Å². The van der Waals surface area contributed by atoms with Crippen molar-refractivity contribution in [2.24, 2.45) is 0 Å². The molecule has 4 nitrogen and oxygen atoms in total. The second-order valence-electron chi connectivity index (χ2n) is 3.37. The number of ether oxygens (including phenoxy) is 2. The van der Waals surface area contributed by atoms with Gasteiger partial charge in [-0.1, -0.05) is 30.3 Å². The van der Waals surface area contributed by atoms with Gasteiger partial charge in [0, 0.05) is 0 Å². The predicted octanol–water partition coefficient (Wildman–Crippen LogP) is 1.39. The number of carbonyl (C=O) groups excluding carboxylic acids is 1. The number of esters is 1. The van der Waals surface area contributed by atoms with E-state index in [9.17, 15) is 4.79 Å². The molecule has 0 heterocycles. The highest BCUT2D eigenvalue weighted by Gasteiger charge is 2.16. The molecule has 5 heteroatoms. The third kappa shape index (κ3) is 5.68. The van der Waals surface area contributed by atoms with Crippen LogP contribution in [0.15, 0.2) is 30.3 Å². The fraction of sp³-hybridized carbons (Fsp3) is 0.417. The van der Waals surface area contributed by atoms with Crippen molar-refractivity contribution in [3.8, 4) is 0 Å². The minimum Gasteiger partial charge on any atom is -0.468 e. The highest BCUT2D eigenvalue weighted by atomic mass is 35.5. The van der Waals surface area contributed by atoms with Crippen LogP contribution >= 0.6 is 12.4 Å². The monoisotopic (exact) mass is 259 g/mol. The summed E-state index contributed by atoms with van der Waals surface area (Å²) in [7, 11) is 3.07. The average molecular weight is 260 g/mol. The first-order valence-corrected chi connectivity index (χ1v) is 5.14. The minimum absolute atomic E-state index is 0. The van der Waals surface area contributed by atoms with E-state index in [1.54, 1.807) is 7.05 Å². The average Bonchev–Trinajstić information content (AvgIpc) is 2.35. The van der Waals surface area contributed by atoms with Crippen LogP contribution in [0, 0.1) is 0 Å². The first kappa shape index (κ1) is 15.9. The lowest BCUT2D eigenvalue weighted by Crippen LogP contribution is -2.39. The Hall–Kier alpha value is -1.10. The summed E-state index contributed by atoms with van der Waals surface area (Å²) >= 11 is 0. The van der Waals surface area contributed by atoms with Gasteiger partial charge in [-0.25, -0.2) is 0 Å². The Kier molecular flexibility index (Phi) is 8.40. The smallest absolute Gasteiger partial charge is 0.325 e. The summed E-state index contributed by atoms with van der Waals surface area (Å²) in [6.07, 6.45) is 0. The van der Waals surface area contributed by atoms with Crippen LogP contribution in [0.1, 0.15) is 5.56 Å². The van der Waals surface area contributed by atoms with Crippen LogP contribution in [-0.4, -0.2) is 32.8 Å². The molecule has 0 aliphatic heterocycles. The molecule has 0 amide bonds. The number of hydrogen-bond donors (Lipinski definition) is 1. The Morgan fingerprint density at radius 1 is 1.35 bits per heavy atom. The maximum atomic E-state index is 11.2. The van der Waals surface area contributed by atoms with E-state index in [-0.39, 0.29) is 18.4 Å². The molecule has 0 spiro atoms. The second-order valence-corrected chi connectivity index (χ2v) is 3.37. The number of methoxy groups -OCH3 is 1. The summed E-state index contributed by atoms with van der Waals surface area (Å²) in [5.74, 6) is -0.310. The normalized spacial score (nSPS) is 11.4. The topological polar surface area (TPSA) is 47.6 Å². The minimum atomic E-state index is -0.409. The molecule has 1 aromatic rings. The zero-order valence-electron chi connectivity index (χ0n) is 10.0. The summed E-state index contributed by atoms with van der Waals surface area (Å²) in [6, 6.07) is 9.41. The van der Waals surface area contributed by atoms with Crippen molar-refractivity contribution in [1.29, 1.82) is 0 Å². The molecule has 0 aliphatic carbocycles. The van der Waals surface area contributed by atoms with Crippen molar-refractivity contribution < 1.29 is 14.3 Å². The SMILES string of the molecule is CN[C@@H](COCc1ccccc1)C(=O)OC.Cl. The molecule has 0 saturated carbocycles. The Morgan fingerprint density at radius 2 is 2.00 bits per heavy atom. The largest absolute Gasteiger partial charge is 0.468 e. The highest BCUT2D eigenvalue weighted by molar-refractivity contribution is 5.85. The molecule has 0 aromatic heterocycles. The Morgan fingerprint density at radius 3 is 2.53 bits per heavy atom. The van der Waals surface area contributed by atoms with Crippen molar-refractivity contribution in [3.63, 3.8) is 0 Å². The van der Waals surface area contributed by atoms with Gasteiger partial charge in [-0.3, -0.25) is 4.79 Å². The molecule has 17 heavy (non-hydrogen) atoms. The summed E-state index contributed by atoms with van der Waals surface area (Å²) < 4.78 is 10.1. The van der Waals surface area contributed by atoms with Gasteiger partial charge in [-0.2, -0.15) is 0 Å². The van der Waals surface area contributed by atoms with E-state index >= 15 is 0 Å². The van der Waals surface area contributed by atoms with Gasteiger partial charge in [0.05, 0.1) is 20.3 Å². The summed E-state index contributed by atoms with van der Waals surface area (Å²) in [5.41, 5.74) is 1.09. The molecule has 1 aromatic carbocycles. The van der Waals surface area contributed by atoms with E-state index in [0.717, 1.165) is 5.56 Å². The predicted molar refractivity (Wildman–Crippen MR) is 68.2 cm³/mol. The van der Waals surface area contributed by atoms with Gasteiger partial charge in [0.1, 0.15) is 6.04 Å². The number of carbonyl (C=O) groups is 1. The van der Waals surface area contributed by atoms with Crippen LogP contribution in [0.5, 0.6) is 0 Å². The molecule has 1 atom stereocenters. The van der Waals surface area contributed by atoms with Gasteiger partial charge >= 0.3 is 5.97 Å². The zero-order chi connectivity index (χ0) is 11.8. The van der Waals surface area contributed by atoms with Gasteiger partial charge < -0.3 is 14.8 Å². The molecule has 1 N–H and O–H groups in total. The van der Waals surface area contributed by atoms with Crippen LogP contribution in [0.3, 0.4) is 0 Å². The third-order valence-corrected chi connectivity index (χ3v) is 2.23. The molecular formula is C12H18ClNO3. The molecule has 0 saturated heterocycles. The fourth-order valence-corrected chi connectivity index (χ4v) is 1.28. The first-order chi connectivity index (χ1) is 7.77. The molecule has 1 rings (SSSR count). The van der Waals surface area contributed by atoms with Gasteiger partial charge in [-0.15, -0.1) is 12.4 Å². The molecule has 0 fully saturated rings.